The summed E-state index contributed by atoms with van der Waals surface area (Å²) in [6.07, 6.45) is 0. The van der Waals surface area contributed by atoms with Crippen LogP contribution in [-0.4, -0.2) is 11.1 Å². The molecule has 1 N–H and O–H groups in total. The number of thiophene rings is 1. The van der Waals surface area contributed by atoms with Crippen LogP contribution in [0.5, 0.6) is 0 Å². The lowest BCUT2D eigenvalue weighted by Gasteiger charge is -2.15. The molecule has 0 unspecified atom stereocenters. The van der Waals surface area contributed by atoms with Gasteiger partial charge >= 0.3 is 5.97 Å². The van der Waals surface area contributed by atoms with E-state index >= 15 is 0 Å². The van der Waals surface area contributed by atoms with Gasteiger partial charge in [0.15, 0.2) is 0 Å². The summed E-state index contributed by atoms with van der Waals surface area (Å²) < 4.78 is 0. The Hall–Kier alpha value is -0.830. The summed E-state index contributed by atoms with van der Waals surface area (Å²) in [5, 5.41) is 9.10. The number of aromatic carboxylic acids is 1. The Labute approximate surface area is 94.9 Å². The standard InChI is InChI=1S/C12H18O2S/c1-7(2)8-6-9(12(3,4)5)15-10(8)11(13)14/h6-7H,1-5H3,(H,13,14). The van der Waals surface area contributed by atoms with Gasteiger partial charge in [-0.05, 0) is 23.0 Å². The normalized spacial score (nSPS) is 12.1. The van der Waals surface area contributed by atoms with Crippen molar-refractivity contribution in [1.29, 1.82) is 0 Å². The molecule has 0 aliphatic rings. The molecule has 0 saturated heterocycles. The Bertz CT molecular complexity index is 369. The zero-order valence-electron chi connectivity index (χ0n) is 9.92. The first-order chi connectivity index (χ1) is 6.73. The molecule has 0 spiro atoms. The first-order valence-electron chi connectivity index (χ1n) is 5.11. The molecule has 0 bridgehead atoms. The average molecular weight is 226 g/mol. The highest BCUT2D eigenvalue weighted by Crippen LogP contribution is 2.35. The highest BCUT2D eigenvalue weighted by atomic mass is 32.1. The summed E-state index contributed by atoms with van der Waals surface area (Å²) in [6, 6.07) is 2.04. The molecule has 0 fully saturated rings. The second-order valence-corrected chi connectivity index (χ2v) is 6.16. The number of carboxylic acids is 1. The molecular weight excluding hydrogens is 208 g/mol. The van der Waals surface area contributed by atoms with Crippen molar-refractivity contribution in [3.63, 3.8) is 0 Å². The van der Waals surface area contributed by atoms with Gasteiger partial charge in [-0.1, -0.05) is 34.6 Å². The molecule has 15 heavy (non-hydrogen) atoms. The molecule has 3 heteroatoms. The minimum absolute atomic E-state index is 0.0298. The van der Waals surface area contributed by atoms with E-state index in [0.29, 0.717) is 4.88 Å². The summed E-state index contributed by atoms with van der Waals surface area (Å²) in [4.78, 5) is 12.7. The Balaban J connectivity index is 3.28. The Morgan fingerprint density at radius 1 is 1.40 bits per heavy atom. The molecule has 0 atom stereocenters. The molecule has 84 valence electrons. The predicted molar refractivity (Wildman–Crippen MR) is 64.1 cm³/mol. The van der Waals surface area contributed by atoms with Crippen molar-refractivity contribution in [2.45, 2.75) is 46.0 Å². The van der Waals surface area contributed by atoms with Crippen molar-refractivity contribution in [2.75, 3.05) is 0 Å². The maximum absolute atomic E-state index is 11.1. The Morgan fingerprint density at radius 3 is 2.20 bits per heavy atom. The van der Waals surface area contributed by atoms with Crippen LogP contribution in [-0.2, 0) is 5.41 Å². The van der Waals surface area contributed by atoms with E-state index < -0.39 is 5.97 Å². The molecule has 2 nitrogen and oxygen atoms in total. The van der Waals surface area contributed by atoms with Gasteiger partial charge in [0.25, 0.3) is 0 Å². The van der Waals surface area contributed by atoms with Gasteiger partial charge in [-0.25, -0.2) is 4.79 Å². The quantitative estimate of drug-likeness (QED) is 0.831. The second kappa shape index (κ2) is 3.97. The van der Waals surface area contributed by atoms with E-state index in [1.807, 2.05) is 19.9 Å². The maximum Gasteiger partial charge on any atom is 0.346 e. The zero-order chi connectivity index (χ0) is 11.8. The topological polar surface area (TPSA) is 37.3 Å². The van der Waals surface area contributed by atoms with Gasteiger partial charge in [-0.15, -0.1) is 11.3 Å². The van der Waals surface area contributed by atoms with E-state index in [2.05, 4.69) is 20.8 Å². The van der Waals surface area contributed by atoms with Gasteiger partial charge in [-0.2, -0.15) is 0 Å². The van der Waals surface area contributed by atoms with Gasteiger partial charge < -0.3 is 5.11 Å². The molecule has 0 saturated carbocycles. The van der Waals surface area contributed by atoms with Gasteiger partial charge in [0.1, 0.15) is 4.88 Å². The van der Waals surface area contributed by atoms with Crippen LogP contribution >= 0.6 is 11.3 Å². The van der Waals surface area contributed by atoms with Gasteiger partial charge in [0.2, 0.25) is 0 Å². The lowest BCUT2D eigenvalue weighted by molar-refractivity contribution is 0.0700. The molecule has 1 aromatic rings. The van der Waals surface area contributed by atoms with E-state index in [4.69, 9.17) is 5.11 Å². The average Bonchev–Trinajstić information content (AvgIpc) is 2.45. The van der Waals surface area contributed by atoms with Crippen molar-refractivity contribution in [3.05, 3.63) is 21.4 Å². The number of carboxylic acid groups (broad SMARTS) is 1. The molecule has 0 aromatic carbocycles. The van der Waals surface area contributed by atoms with Crippen molar-refractivity contribution in [3.8, 4) is 0 Å². The summed E-state index contributed by atoms with van der Waals surface area (Å²) in [6.45, 7) is 10.4. The molecule has 0 amide bonds. The Kier molecular flexibility index (Phi) is 3.24. The van der Waals surface area contributed by atoms with Gasteiger partial charge in [0.05, 0.1) is 0 Å². The fourth-order valence-electron chi connectivity index (χ4n) is 1.37. The highest BCUT2D eigenvalue weighted by Gasteiger charge is 2.23. The lowest BCUT2D eigenvalue weighted by Crippen LogP contribution is -2.08. The van der Waals surface area contributed by atoms with Crippen molar-refractivity contribution in [1.82, 2.24) is 0 Å². The van der Waals surface area contributed by atoms with Crippen LogP contribution in [0.3, 0.4) is 0 Å². The van der Waals surface area contributed by atoms with Crippen LogP contribution in [0.25, 0.3) is 0 Å². The first-order valence-corrected chi connectivity index (χ1v) is 5.92. The maximum atomic E-state index is 11.1. The van der Waals surface area contributed by atoms with Gasteiger partial charge in [0, 0.05) is 4.88 Å². The third-order valence-electron chi connectivity index (χ3n) is 2.32. The number of hydrogen-bond acceptors (Lipinski definition) is 2. The molecule has 0 radical (unpaired) electrons. The fraction of sp³-hybridized carbons (Fsp3) is 0.583. The lowest BCUT2D eigenvalue weighted by atomic mass is 9.92. The van der Waals surface area contributed by atoms with Crippen LogP contribution in [0.4, 0.5) is 0 Å². The molecule has 0 aliphatic heterocycles. The monoisotopic (exact) mass is 226 g/mol. The zero-order valence-corrected chi connectivity index (χ0v) is 10.7. The van der Waals surface area contributed by atoms with Crippen LogP contribution in [0.15, 0.2) is 6.07 Å². The molecule has 1 aromatic heterocycles. The van der Waals surface area contributed by atoms with E-state index in [0.717, 1.165) is 10.4 Å². The fourth-order valence-corrected chi connectivity index (χ4v) is 2.58. The van der Waals surface area contributed by atoms with Crippen LogP contribution in [0, 0.1) is 0 Å². The van der Waals surface area contributed by atoms with E-state index in [1.54, 1.807) is 0 Å². The SMILES string of the molecule is CC(C)c1cc(C(C)(C)C)sc1C(=O)O. The summed E-state index contributed by atoms with van der Waals surface area (Å²) in [5.41, 5.74) is 0.986. The summed E-state index contributed by atoms with van der Waals surface area (Å²) in [7, 11) is 0. The number of carbonyl (C=O) groups is 1. The van der Waals surface area contributed by atoms with E-state index in [9.17, 15) is 4.79 Å². The summed E-state index contributed by atoms with van der Waals surface area (Å²) >= 11 is 1.40. The minimum atomic E-state index is -0.806. The van der Waals surface area contributed by atoms with Gasteiger partial charge in [-0.3, -0.25) is 0 Å². The minimum Gasteiger partial charge on any atom is -0.477 e. The van der Waals surface area contributed by atoms with E-state index in [-0.39, 0.29) is 11.3 Å². The third-order valence-corrected chi connectivity index (χ3v) is 3.88. The largest absolute Gasteiger partial charge is 0.477 e. The van der Waals surface area contributed by atoms with Crippen molar-refractivity contribution in [2.24, 2.45) is 0 Å². The molecular formula is C12H18O2S. The highest BCUT2D eigenvalue weighted by molar-refractivity contribution is 7.14. The predicted octanol–water partition coefficient (Wildman–Crippen LogP) is 3.87. The van der Waals surface area contributed by atoms with E-state index in [1.165, 1.54) is 11.3 Å². The third kappa shape index (κ3) is 2.59. The van der Waals surface area contributed by atoms with Crippen LogP contribution < -0.4 is 0 Å². The van der Waals surface area contributed by atoms with Crippen molar-refractivity contribution < 1.29 is 9.90 Å². The van der Waals surface area contributed by atoms with Crippen LogP contribution in [0.2, 0.25) is 0 Å². The summed E-state index contributed by atoms with van der Waals surface area (Å²) in [5.74, 6) is -0.539. The molecule has 1 heterocycles. The number of rotatable bonds is 2. The van der Waals surface area contributed by atoms with Crippen LogP contribution in [0.1, 0.15) is 60.6 Å². The smallest absolute Gasteiger partial charge is 0.346 e. The van der Waals surface area contributed by atoms with Crippen molar-refractivity contribution >= 4 is 17.3 Å². The Morgan fingerprint density at radius 2 is 1.93 bits per heavy atom. The second-order valence-electron chi connectivity index (χ2n) is 5.10. The molecule has 1 rings (SSSR count). The number of hydrogen-bond donors (Lipinski definition) is 1. The first kappa shape index (κ1) is 12.2. The molecule has 0 aliphatic carbocycles.